The van der Waals surface area contributed by atoms with E-state index in [4.69, 9.17) is 0 Å². The molecule has 2 fully saturated rings. The minimum Gasteiger partial charge on any atom is -0.307 e. The van der Waals surface area contributed by atoms with Crippen molar-refractivity contribution in [2.75, 3.05) is 13.1 Å². The van der Waals surface area contributed by atoms with Gasteiger partial charge in [-0.05, 0) is 62.9 Å². The fraction of sp³-hybridized carbons (Fsp3) is 0.647. The first-order chi connectivity index (χ1) is 9.76. The molecule has 3 atom stereocenters. The lowest BCUT2D eigenvalue weighted by molar-refractivity contribution is 0.160. The molecule has 3 heteroatoms. The lowest BCUT2D eigenvalue weighted by atomic mass is 9.95. The maximum absolute atomic E-state index is 13.4. The molecule has 3 rings (SSSR count). The van der Waals surface area contributed by atoms with Gasteiger partial charge >= 0.3 is 0 Å². The van der Waals surface area contributed by atoms with Crippen LogP contribution in [0.2, 0.25) is 0 Å². The minimum absolute atomic E-state index is 0.131. The molecule has 2 aliphatic heterocycles. The van der Waals surface area contributed by atoms with Crippen molar-refractivity contribution in [3.05, 3.63) is 35.6 Å². The molecule has 2 nitrogen and oxygen atoms in total. The lowest BCUT2D eigenvalue weighted by Crippen LogP contribution is -2.46. The number of rotatable bonds is 4. The molecule has 2 aliphatic rings. The highest BCUT2D eigenvalue weighted by molar-refractivity contribution is 5.20. The third-order valence-corrected chi connectivity index (χ3v) is 4.92. The summed E-state index contributed by atoms with van der Waals surface area (Å²) in [7, 11) is 0. The summed E-state index contributed by atoms with van der Waals surface area (Å²) in [5.41, 5.74) is 1.08. The van der Waals surface area contributed by atoms with Gasteiger partial charge in [0.25, 0.3) is 0 Å². The summed E-state index contributed by atoms with van der Waals surface area (Å²) >= 11 is 0. The molecule has 110 valence electrons. The van der Waals surface area contributed by atoms with Crippen LogP contribution in [0, 0.1) is 5.82 Å². The Labute approximate surface area is 121 Å². The Balaban J connectivity index is 1.63. The van der Waals surface area contributed by atoms with E-state index < -0.39 is 0 Å². The summed E-state index contributed by atoms with van der Waals surface area (Å²) in [6.45, 7) is 4.69. The van der Waals surface area contributed by atoms with Gasteiger partial charge in [-0.3, -0.25) is 0 Å². The second kappa shape index (κ2) is 6.23. The van der Waals surface area contributed by atoms with Gasteiger partial charge in [0.05, 0.1) is 0 Å². The van der Waals surface area contributed by atoms with E-state index in [0.29, 0.717) is 6.04 Å². The molecule has 1 aromatic rings. The zero-order valence-electron chi connectivity index (χ0n) is 12.3. The van der Waals surface area contributed by atoms with Crippen LogP contribution in [0.15, 0.2) is 24.3 Å². The number of hydrogen-bond acceptors (Lipinski definition) is 2. The summed E-state index contributed by atoms with van der Waals surface area (Å²) in [6.07, 6.45) is 6.20. The molecular weight excluding hydrogens is 251 g/mol. The number of halogens is 1. The van der Waals surface area contributed by atoms with E-state index in [0.717, 1.165) is 18.0 Å². The van der Waals surface area contributed by atoms with Crippen molar-refractivity contribution < 1.29 is 4.39 Å². The first-order valence-corrected chi connectivity index (χ1v) is 8.02. The summed E-state index contributed by atoms with van der Waals surface area (Å²) in [4.78, 5) is 2.64. The zero-order chi connectivity index (χ0) is 13.9. The smallest absolute Gasteiger partial charge is 0.123 e. The maximum atomic E-state index is 13.4. The quantitative estimate of drug-likeness (QED) is 0.905. The van der Waals surface area contributed by atoms with Crippen LogP contribution in [-0.2, 0) is 0 Å². The molecule has 0 aromatic heterocycles. The topological polar surface area (TPSA) is 15.3 Å². The SMILES string of the molecule is CCC(NC1CCN2CCCC2C1)c1cccc(F)c1. The third kappa shape index (κ3) is 3.04. The molecule has 1 aromatic carbocycles. The second-order valence-corrected chi connectivity index (χ2v) is 6.24. The number of benzene rings is 1. The molecule has 20 heavy (non-hydrogen) atoms. The van der Waals surface area contributed by atoms with E-state index in [1.807, 2.05) is 12.1 Å². The van der Waals surface area contributed by atoms with Gasteiger partial charge in [0.1, 0.15) is 5.82 Å². The van der Waals surface area contributed by atoms with Crippen molar-refractivity contribution >= 4 is 0 Å². The Morgan fingerprint density at radius 2 is 2.25 bits per heavy atom. The lowest BCUT2D eigenvalue weighted by Gasteiger charge is -2.37. The molecule has 0 amide bonds. The Kier molecular flexibility index (Phi) is 4.37. The van der Waals surface area contributed by atoms with Gasteiger partial charge in [-0.25, -0.2) is 4.39 Å². The van der Waals surface area contributed by atoms with Crippen LogP contribution in [0.5, 0.6) is 0 Å². The second-order valence-electron chi connectivity index (χ2n) is 6.24. The van der Waals surface area contributed by atoms with Gasteiger partial charge in [-0.1, -0.05) is 19.1 Å². The van der Waals surface area contributed by atoms with E-state index in [1.54, 1.807) is 6.07 Å². The molecule has 0 aliphatic carbocycles. The molecule has 2 saturated heterocycles. The van der Waals surface area contributed by atoms with E-state index in [9.17, 15) is 4.39 Å². The van der Waals surface area contributed by atoms with Gasteiger partial charge in [0.15, 0.2) is 0 Å². The summed E-state index contributed by atoms with van der Waals surface area (Å²) in [5.74, 6) is -0.131. The van der Waals surface area contributed by atoms with Crippen molar-refractivity contribution in [1.82, 2.24) is 10.2 Å². The van der Waals surface area contributed by atoms with E-state index >= 15 is 0 Å². The van der Waals surface area contributed by atoms with Gasteiger partial charge in [-0.15, -0.1) is 0 Å². The first-order valence-electron chi connectivity index (χ1n) is 8.02. The van der Waals surface area contributed by atoms with Crippen LogP contribution in [0.4, 0.5) is 4.39 Å². The minimum atomic E-state index is -0.131. The molecule has 0 radical (unpaired) electrons. The summed E-state index contributed by atoms with van der Waals surface area (Å²) < 4.78 is 13.4. The number of nitrogens with one attached hydrogen (secondary N) is 1. The molecular formula is C17H25FN2. The standard InChI is InChI=1S/C17H25FN2/c1-2-17(13-5-3-6-14(18)11-13)19-15-8-10-20-9-4-7-16(20)12-15/h3,5-6,11,15-17,19H,2,4,7-10,12H2,1H3. The van der Waals surface area contributed by atoms with Crippen molar-refractivity contribution in [3.8, 4) is 0 Å². The van der Waals surface area contributed by atoms with Crippen LogP contribution < -0.4 is 5.32 Å². The number of nitrogens with zero attached hydrogens (tertiary/aromatic N) is 1. The third-order valence-electron chi connectivity index (χ3n) is 4.92. The highest BCUT2D eigenvalue weighted by Gasteiger charge is 2.32. The molecule has 0 bridgehead atoms. The van der Waals surface area contributed by atoms with Crippen molar-refractivity contribution in [3.63, 3.8) is 0 Å². The van der Waals surface area contributed by atoms with Crippen molar-refractivity contribution in [2.24, 2.45) is 0 Å². The van der Waals surface area contributed by atoms with Crippen LogP contribution >= 0.6 is 0 Å². The Hall–Kier alpha value is -0.930. The zero-order valence-corrected chi connectivity index (χ0v) is 12.3. The molecule has 0 saturated carbocycles. The van der Waals surface area contributed by atoms with Crippen LogP contribution in [0.25, 0.3) is 0 Å². The predicted octanol–water partition coefficient (Wildman–Crippen LogP) is 3.49. The van der Waals surface area contributed by atoms with Gasteiger partial charge in [0, 0.05) is 18.1 Å². The number of fused-ring (bicyclic) bond motifs is 1. The molecule has 1 N–H and O–H groups in total. The summed E-state index contributed by atoms with van der Waals surface area (Å²) in [5, 5.41) is 3.77. The number of piperidine rings is 1. The highest BCUT2D eigenvalue weighted by Crippen LogP contribution is 2.28. The largest absolute Gasteiger partial charge is 0.307 e. The van der Waals surface area contributed by atoms with Crippen molar-refractivity contribution in [2.45, 2.75) is 57.2 Å². The highest BCUT2D eigenvalue weighted by atomic mass is 19.1. The van der Waals surface area contributed by atoms with Crippen LogP contribution in [0.1, 0.15) is 50.6 Å². The Morgan fingerprint density at radius 3 is 3.05 bits per heavy atom. The fourth-order valence-corrected chi connectivity index (χ4v) is 3.83. The van der Waals surface area contributed by atoms with Crippen LogP contribution in [-0.4, -0.2) is 30.1 Å². The Morgan fingerprint density at radius 1 is 1.35 bits per heavy atom. The summed E-state index contributed by atoms with van der Waals surface area (Å²) in [6, 6.07) is 8.69. The van der Waals surface area contributed by atoms with Gasteiger partial charge < -0.3 is 10.2 Å². The van der Waals surface area contributed by atoms with Gasteiger partial charge in [0.2, 0.25) is 0 Å². The predicted molar refractivity (Wildman–Crippen MR) is 80.2 cm³/mol. The van der Waals surface area contributed by atoms with Crippen molar-refractivity contribution in [1.29, 1.82) is 0 Å². The van der Waals surface area contributed by atoms with E-state index in [2.05, 4.69) is 17.1 Å². The van der Waals surface area contributed by atoms with E-state index in [-0.39, 0.29) is 11.9 Å². The average Bonchev–Trinajstić information content (AvgIpc) is 2.92. The fourth-order valence-electron chi connectivity index (χ4n) is 3.83. The molecule has 2 heterocycles. The number of hydrogen-bond donors (Lipinski definition) is 1. The molecule has 0 spiro atoms. The monoisotopic (exact) mass is 276 g/mol. The van der Waals surface area contributed by atoms with E-state index in [1.165, 1.54) is 44.8 Å². The average molecular weight is 276 g/mol. The Bertz CT molecular complexity index is 448. The van der Waals surface area contributed by atoms with Crippen LogP contribution in [0.3, 0.4) is 0 Å². The normalized spacial score (nSPS) is 28.3. The van der Waals surface area contributed by atoms with Gasteiger partial charge in [-0.2, -0.15) is 0 Å². The first kappa shape index (κ1) is 14.0. The molecule has 3 unspecified atom stereocenters. The maximum Gasteiger partial charge on any atom is 0.123 e.